The molecule has 244 valence electrons. The summed E-state index contributed by atoms with van der Waals surface area (Å²) in [6, 6.07) is 10.5. The lowest BCUT2D eigenvalue weighted by molar-refractivity contribution is -0.158. The van der Waals surface area contributed by atoms with Gasteiger partial charge in [-0.15, -0.1) is 15.3 Å². The number of anilines is 1. The number of aromatic nitrogens is 6. The van der Waals surface area contributed by atoms with Crippen molar-refractivity contribution in [2.24, 2.45) is 17.8 Å². The van der Waals surface area contributed by atoms with Crippen LogP contribution >= 0.6 is 0 Å². The van der Waals surface area contributed by atoms with Crippen LogP contribution in [0.5, 0.6) is 0 Å². The predicted octanol–water partition coefficient (Wildman–Crippen LogP) is 2.27. The van der Waals surface area contributed by atoms with E-state index in [0.29, 0.717) is 56.3 Å². The third-order valence-electron chi connectivity index (χ3n) is 8.85. The maximum absolute atomic E-state index is 13.8. The van der Waals surface area contributed by atoms with E-state index in [1.165, 1.54) is 5.06 Å². The van der Waals surface area contributed by atoms with Crippen molar-refractivity contribution >= 4 is 23.8 Å². The molecule has 15 heteroatoms. The lowest BCUT2D eigenvalue weighted by Gasteiger charge is -2.35. The summed E-state index contributed by atoms with van der Waals surface area (Å²) in [4.78, 5) is 57.9. The molecule has 2 aromatic heterocycles. The molecule has 1 unspecified atom stereocenters. The molecule has 15 nitrogen and oxygen atoms in total. The summed E-state index contributed by atoms with van der Waals surface area (Å²) in [6.07, 6.45) is 0.945. The molecule has 4 heterocycles. The van der Waals surface area contributed by atoms with Gasteiger partial charge < -0.3 is 24.7 Å². The van der Waals surface area contributed by atoms with Gasteiger partial charge in [-0.3, -0.25) is 9.59 Å². The van der Waals surface area contributed by atoms with Crippen molar-refractivity contribution in [3.05, 3.63) is 47.9 Å². The minimum Gasteiger partial charge on any atom is -0.433 e. The van der Waals surface area contributed by atoms with Crippen molar-refractivity contribution in [3.63, 3.8) is 0 Å². The molecule has 1 aromatic carbocycles. The van der Waals surface area contributed by atoms with Gasteiger partial charge in [-0.2, -0.15) is 5.21 Å². The van der Waals surface area contributed by atoms with Gasteiger partial charge in [0.15, 0.2) is 11.6 Å². The molecule has 1 aliphatic carbocycles. The van der Waals surface area contributed by atoms with Crippen LogP contribution in [0.25, 0.3) is 11.4 Å². The van der Waals surface area contributed by atoms with Gasteiger partial charge in [0.1, 0.15) is 17.6 Å². The first-order chi connectivity index (χ1) is 22.3. The summed E-state index contributed by atoms with van der Waals surface area (Å²) in [5, 5.41) is 19.0. The Balaban J connectivity index is 1.12. The van der Waals surface area contributed by atoms with E-state index in [0.717, 1.165) is 37.3 Å². The van der Waals surface area contributed by atoms with Gasteiger partial charge in [0, 0.05) is 43.7 Å². The first kappa shape index (κ1) is 31.3. The molecule has 4 atom stereocenters. The largest absolute Gasteiger partial charge is 0.527 e. The summed E-state index contributed by atoms with van der Waals surface area (Å²) in [6.45, 7) is 9.00. The van der Waals surface area contributed by atoms with E-state index in [-0.39, 0.29) is 23.4 Å². The SMILES string of the molecule is CCCCOC(=O)ON1CCN(C(=O)[C@@H](NC(=O)c2cc(N3C[C@@H]4C(c5nn[nH]n5)[C@@H]4C3)nc(-c3ccccc3)n2)C(C)C)CC1. The molecule has 0 spiro atoms. The van der Waals surface area contributed by atoms with Crippen LogP contribution in [0, 0.1) is 17.8 Å². The molecule has 2 amide bonds. The minimum atomic E-state index is -0.771. The molecule has 2 saturated heterocycles. The van der Waals surface area contributed by atoms with Crippen LogP contribution in [0.3, 0.4) is 0 Å². The van der Waals surface area contributed by atoms with E-state index < -0.39 is 18.1 Å². The molecule has 3 aromatic rings. The Labute approximate surface area is 267 Å². The molecule has 2 N–H and O–H groups in total. The maximum Gasteiger partial charge on any atom is 0.527 e. The number of amides is 2. The monoisotopic (exact) mass is 632 g/mol. The maximum atomic E-state index is 13.8. The number of H-pyrrole nitrogens is 1. The summed E-state index contributed by atoms with van der Waals surface area (Å²) in [5.74, 6) is 2.09. The molecule has 6 rings (SSSR count). The summed E-state index contributed by atoms with van der Waals surface area (Å²) in [7, 11) is 0. The number of benzene rings is 1. The Kier molecular flexibility index (Phi) is 9.38. The molecule has 3 aliphatic rings. The lowest BCUT2D eigenvalue weighted by atomic mass is 10.0. The highest BCUT2D eigenvalue weighted by Crippen LogP contribution is 2.57. The zero-order valence-corrected chi connectivity index (χ0v) is 26.3. The number of nitrogens with zero attached hydrogens (tertiary/aromatic N) is 8. The van der Waals surface area contributed by atoms with Crippen molar-refractivity contribution in [2.75, 3.05) is 50.8 Å². The van der Waals surface area contributed by atoms with Crippen molar-refractivity contribution in [1.29, 1.82) is 0 Å². The van der Waals surface area contributed by atoms with E-state index in [1.54, 1.807) is 11.0 Å². The third-order valence-corrected chi connectivity index (χ3v) is 8.85. The summed E-state index contributed by atoms with van der Waals surface area (Å²) >= 11 is 0. The van der Waals surface area contributed by atoms with E-state index in [1.807, 2.05) is 51.1 Å². The first-order valence-corrected chi connectivity index (χ1v) is 15.9. The Morgan fingerprint density at radius 3 is 2.43 bits per heavy atom. The van der Waals surface area contributed by atoms with Crippen LogP contribution in [0.2, 0.25) is 0 Å². The number of hydrogen-bond donors (Lipinski definition) is 2. The quantitative estimate of drug-likeness (QED) is 0.234. The van der Waals surface area contributed by atoms with E-state index in [9.17, 15) is 14.4 Å². The van der Waals surface area contributed by atoms with Crippen LogP contribution in [0.4, 0.5) is 10.6 Å². The van der Waals surface area contributed by atoms with Gasteiger partial charge in [-0.25, -0.2) is 14.8 Å². The Morgan fingerprint density at radius 1 is 1.04 bits per heavy atom. The van der Waals surface area contributed by atoms with Gasteiger partial charge in [0.2, 0.25) is 5.91 Å². The van der Waals surface area contributed by atoms with E-state index in [2.05, 4.69) is 35.8 Å². The second kappa shape index (κ2) is 13.8. The molecule has 1 saturated carbocycles. The number of tetrazole rings is 1. The number of piperazine rings is 1. The molecular weight excluding hydrogens is 592 g/mol. The Hall–Kier alpha value is -4.66. The highest BCUT2D eigenvalue weighted by atomic mass is 16.8. The Morgan fingerprint density at radius 2 is 1.78 bits per heavy atom. The average molecular weight is 633 g/mol. The second-order valence-electron chi connectivity index (χ2n) is 12.3. The van der Waals surface area contributed by atoms with Crippen molar-refractivity contribution < 1.29 is 24.0 Å². The summed E-state index contributed by atoms with van der Waals surface area (Å²) < 4.78 is 5.07. The number of ether oxygens (including phenoxy) is 1. The minimum absolute atomic E-state index is 0.179. The molecular formula is C31H40N10O5. The Bertz CT molecular complexity index is 1500. The lowest BCUT2D eigenvalue weighted by Crippen LogP contribution is -2.56. The second-order valence-corrected chi connectivity index (χ2v) is 12.3. The normalized spacial score (nSPS) is 21.5. The van der Waals surface area contributed by atoms with Gasteiger partial charge in [-0.05, 0) is 24.2 Å². The van der Waals surface area contributed by atoms with Gasteiger partial charge in [0.25, 0.3) is 5.91 Å². The number of carbonyl (C=O) groups excluding carboxylic acids is 3. The number of hydroxylamine groups is 2. The van der Waals surface area contributed by atoms with Crippen LogP contribution in [-0.4, -0.2) is 110 Å². The zero-order chi connectivity index (χ0) is 32.2. The van der Waals surface area contributed by atoms with Crippen LogP contribution < -0.4 is 10.2 Å². The first-order valence-electron chi connectivity index (χ1n) is 15.9. The molecule has 3 fully saturated rings. The number of nitrogens with one attached hydrogen (secondary N) is 2. The number of aromatic amines is 1. The van der Waals surface area contributed by atoms with Crippen LogP contribution in [-0.2, 0) is 14.4 Å². The van der Waals surface area contributed by atoms with Gasteiger partial charge in [0.05, 0.1) is 19.7 Å². The fourth-order valence-corrected chi connectivity index (χ4v) is 6.19. The van der Waals surface area contributed by atoms with Crippen LogP contribution in [0.15, 0.2) is 36.4 Å². The molecule has 2 aliphatic heterocycles. The van der Waals surface area contributed by atoms with Crippen molar-refractivity contribution in [1.82, 2.24) is 45.9 Å². The molecule has 46 heavy (non-hydrogen) atoms. The molecule has 0 radical (unpaired) electrons. The average Bonchev–Trinajstić information content (AvgIpc) is 3.41. The third kappa shape index (κ3) is 6.93. The predicted molar refractivity (Wildman–Crippen MR) is 165 cm³/mol. The van der Waals surface area contributed by atoms with Crippen molar-refractivity contribution in [2.45, 2.75) is 45.6 Å². The fourth-order valence-electron chi connectivity index (χ4n) is 6.19. The number of hydrogen-bond acceptors (Lipinski definition) is 12. The van der Waals surface area contributed by atoms with Gasteiger partial charge >= 0.3 is 6.16 Å². The van der Waals surface area contributed by atoms with E-state index >= 15 is 0 Å². The number of fused-ring (bicyclic) bond motifs is 1. The van der Waals surface area contributed by atoms with Crippen molar-refractivity contribution in [3.8, 4) is 11.4 Å². The van der Waals surface area contributed by atoms with Gasteiger partial charge in [-0.1, -0.05) is 62.7 Å². The van der Waals surface area contributed by atoms with Crippen LogP contribution in [0.1, 0.15) is 55.8 Å². The zero-order valence-electron chi connectivity index (χ0n) is 26.3. The highest BCUT2D eigenvalue weighted by molar-refractivity contribution is 5.97. The highest BCUT2D eigenvalue weighted by Gasteiger charge is 2.58. The van der Waals surface area contributed by atoms with E-state index in [4.69, 9.17) is 14.6 Å². The molecule has 0 bridgehead atoms. The number of rotatable bonds is 11. The number of piperidine rings is 1. The smallest absolute Gasteiger partial charge is 0.433 e. The fraction of sp³-hybridized carbons (Fsp3) is 0.548. The standard InChI is InChI=1S/C31H40N10O5/c1-4-5-15-45-31(44)46-41-13-11-39(12-14-41)30(43)26(19(2)3)34-29(42)23-16-24(33-27(32-23)20-9-7-6-8-10-20)40-17-21-22(18-40)25(21)28-35-37-38-36-28/h6-10,16,19,21-22,25-26H,4-5,11-15,17-18H2,1-3H3,(H,34,42)(H,35,36,37,38)/t21-,22+,25?,26-/m0/s1. The number of unbranched alkanes of at least 4 members (excludes halogenated alkanes) is 1. The number of carbonyl (C=O) groups is 3. The summed E-state index contributed by atoms with van der Waals surface area (Å²) in [5.41, 5.74) is 0.982. The topological polar surface area (TPSA) is 172 Å².